The molecular formula is C19H29N3O3. The molecule has 0 bridgehead atoms. The van der Waals surface area contributed by atoms with Crippen LogP contribution in [0.5, 0.6) is 5.75 Å². The molecule has 0 atom stereocenters. The SMILES string of the molecule is C=CCOc1ccccc1CN=C(NCC)NCC1(O)CCOCC1. The third-order valence-corrected chi connectivity index (χ3v) is 4.09. The standard InChI is InChI=1S/C19H29N3O3/c1-3-11-25-17-8-6-5-7-16(17)14-21-18(20-4-2)22-15-19(23)9-12-24-13-10-19/h3,5-8,23H,1,4,9-15H2,2H3,(H2,20,21,22). The van der Waals surface area contributed by atoms with E-state index in [1.54, 1.807) is 6.08 Å². The van der Waals surface area contributed by atoms with Crippen LogP contribution >= 0.6 is 0 Å². The van der Waals surface area contributed by atoms with Crippen molar-refractivity contribution in [2.45, 2.75) is 31.9 Å². The van der Waals surface area contributed by atoms with Crippen LogP contribution in [0.1, 0.15) is 25.3 Å². The van der Waals surface area contributed by atoms with Gasteiger partial charge in [-0.1, -0.05) is 30.9 Å². The van der Waals surface area contributed by atoms with Crippen LogP contribution in [0, 0.1) is 0 Å². The molecule has 6 nitrogen and oxygen atoms in total. The van der Waals surface area contributed by atoms with Gasteiger partial charge in [0.25, 0.3) is 0 Å². The zero-order chi connectivity index (χ0) is 18.0. The number of guanidine groups is 1. The molecule has 0 spiro atoms. The lowest BCUT2D eigenvalue weighted by atomic mass is 9.94. The van der Waals surface area contributed by atoms with Crippen molar-refractivity contribution >= 4 is 5.96 Å². The van der Waals surface area contributed by atoms with Gasteiger partial charge in [0.2, 0.25) is 0 Å². The third-order valence-electron chi connectivity index (χ3n) is 4.09. The lowest BCUT2D eigenvalue weighted by Crippen LogP contribution is -2.49. The monoisotopic (exact) mass is 347 g/mol. The number of nitrogens with zero attached hydrogens (tertiary/aromatic N) is 1. The van der Waals surface area contributed by atoms with E-state index < -0.39 is 5.60 Å². The van der Waals surface area contributed by atoms with Crippen molar-refractivity contribution in [2.24, 2.45) is 4.99 Å². The van der Waals surface area contributed by atoms with Gasteiger partial charge < -0.3 is 25.2 Å². The predicted molar refractivity (Wildman–Crippen MR) is 100.0 cm³/mol. The zero-order valence-electron chi connectivity index (χ0n) is 15.0. The first-order valence-corrected chi connectivity index (χ1v) is 8.81. The number of ether oxygens (including phenoxy) is 2. The summed E-state index contributed by atoms with van der Waals surface area (Å²) in [6, 6.07) is 7.84. The first-order valence-electron chi connectivity index (χ1n) is 8.81. The van der Waals surface area contributed by atoms with Gasteiger partial charge in [-0.3, -0.25) is 0 Å². The Bertz CT molecular complexity index is 569. The fraction of sp³-hybridized carbons (Fsp3) is 0.526. The number of aliphatic hydroxyl groups is 1. The molecule has 0 amide bonds. The van der Waals surface area contributed by atoms with Crippen molar-refractivity contribution < 1.29 is 14.6 Å². The molecule has 6 heteroatoms. The van der Waals surface area contributed by atoms with Gasteiger partial charge in [0.1, 0.15) is 12.4 Å². The molecule has 0 aromatic heterocycles. The summed E-state index contributed by atoms with van der Waals surface area (Å²) in [6.07, 6.45) is 3.00. The van der Waals surface area contributed by atoms with Crippen molar-refractivity contribution in [3.8, 4) is 5.75 Å². The average Bonchev–Trinajstić information content (AvgIpc) is 2.63. The molecule has 1 aliphatic heterocycles. The first-order chi connectivity index (χ1) is 12.2. The van der Waals surface area contributed by atoms with Crippen LogP contribution in [0.2, 0.25) is 0 Å². The van der Waals surface area contributed by atoms with Crippen molar-refractivity contribution in [2.75, 3.05) is 32.9 Å². The number of benzene rings is 1. The predicted octanol–water partition coefficient (Wildman–Crippen LogP) is 1.85. The molecule has 1 heterocycles. The second kappa shape index (κ2) is 10.1. The molecule has 0 radical (unpaired) electrons. The number of hydrogen-bond donors (Lipinski definition) is 3. The summed E-state index contributed by atoms with van der Waals surface area (Å²) in [5.41, 5.74) is 0.269. The third kappa shape index (κ3) is 6.40. The maximum atomic E-state index is 10.6. The molecule has 0 unspecified atom stereocenters. The summed E-state index contributed by atoms with van der Waals surface area (Å²) in [6.45, 7) is 9.05. The minimum absolute atomic E-state index is 0.455. The number of para-hydroxylation sites is 1. The van der Waals surface area contributed by atoms with Gasteiger partial charge >= 0.3 is 0 Å². The highest BCUT2D eigenvalue weighted by Crippen LogP contribution is 2.20. The fourth-order valence-electron chi connectivity index (χ4n) is 2.61. The van der Waals surface area contributed by atoms with Crippen molar-refractivity contribution in [1.29, 1.82) is 0 Å². The molecule has 3 N–H and O–H groups in total. The van der Waals surface area contributed by atoms with Gasteiger partial charge in [-0.25, -0.2) is 4.99 Å². The van der Waals surface area contributed by atoms with Gasteiger partial charge in [-0.2, -0.15) is 0 Å². The van der Waals surface area contributed by atoms with Crippen LogP contribution < -0.4 is 15.4 Å². The van der Waals surface area contributed by atoms with Gasteiger partial charge in [-0.15, -0.1) is 0 Å². The minimum Gasteiger partial charge on any atom is -0.489 e. The number of aliphatic imine (C=N–C) groups is 1. The Kier molecular flexibility index (Phi) is 7.76. The fourth-order valence-corrected chi connectivity index (χ4v) is 2.61. The molecule has 0 aliphatic carbocycles. The van der Waals surface area contributed by atoms with Crippen LogP contribution in [0.15, 0.2) is 41.9 Å². The highest BCUT2D eigenvalue weighted by atomic mass is 16.5. The van der Waals surface area contributed by atoms with Gasteiger partial charge in [0.05, 0.1) is 12.1 Å². The molecule has 1 aromatic carbocycles. The van der Waals surface area contributed by atoms with E-state index in [0.717, 1.165) is 17.9 Å². The van der Waals surface area contributed by atoms with Crippen LogP contribution in [0.4, 0.5) is 0 Å². The maximum absolute atomic E-state index is 10.6. The van der Waals surface area contributed by atoms with Crippen molar-refractivity contribution in [1.82, 2.24) is 10.6 Å². The lowest BCUT2D eigenvalue weighted by molar-refractivity contribution is -0.0594. The van der Waals surface area contributed by atoms with E-state index in [4.69, 9.17) is 9.47 Å². The molecule has 25 heavy (non-hydrogen) atoms. The smallest absolute Gasteiger partial charge is 0.191 e. The summed E-state index contributed by atoms with van der Waals surface area (Å²) >= 11 is 0. The molecule has 0 saturated carbocycles. The van der Waals surface area contributed by atoms with Crippen molar-refractivity contribution in [3.05, 3.63) is 42.5 Å². The Labute approximate surface area is 149 Å². The van der Waals surface area contributed by atoms with Crippen LogP contribution in [0.25, 0.3) is 0 Å². The number of hydrogen-bond acceptors (Lipinski definition) is 4. The number of nitrogens with one attached hydrogen (secondary N) is 2. The van der Waals surface area contributed by atoms with E-state index in [1.165, 1.54) is 0 Å². The summed E-state index contributed by atoms with van der Waals surface area (Å²) in [5.74, 6) is 1.49. The Morgan fingerprint density at radius 1 is 1.36 bits per heavy atom. The van der Waals surface area contributed by atoms with Gasteiger partial charge in [-0.05, 0) is 13.0 Å². The van der Waals surface area contributed by atoms with Crippen LogP contribution in [-0.4, -0.2) is 49.6 Å². The number of rotatable bonds is 8. The Balaban J connectivity index is 1.98. The highest BCUT2D eigenvalue weighted by Gasteiger charge is 2.29. The minimum atomic E-state index is -0.737. The molecular weight excluding hydrogens is 318 g/mol. The van der Waals surface area contributed by atoms with E-state index in [1.807, 2.05) is 31.2 Å². The first kappa shape index (κ1) is 19.3. The zero-order valence-corrected chi connectivity index (χ0v) is 15.0. The van der Waals surface area contributed by atoms with Crippen LogP contribution in [0.3, 0.4) is 0 Å². The largest absolute Gasteiger partial charge is 0.489 e. The summed E-state index contributed by atoms with van der Waals surface area (Å²) in [4.78, 5) is 4.61. The normalized spacial score (nSPS) is 17.0. The quantitative estimate of drug-likeness (QED) is 0.380. The molecule has 2 rings (SSSR count). The second-order valence-corrected chi connectivity index (χ2v) is 6.09. The van der Waals surface area contributed by atoms with E-state index in [0.29, 0.717) is 51.7 Å². The van der Waals surface area contributed by atoms with E-state index in [2.05, 4.69) is 22.2 Å². The summed E-state index contributed by atoms with van der Waals surface area (Å²) < 4.78 is 11.0. The van der Waals surface area contributed by atoms with Gasteiger partial charge in [0, 0.05) is 44.7 Å². The highest BCUT2D eigenvalue weighted by molar-refractivity contribution is 5.79. The molecule has 1 saturated heterocycles. The molecule has 138 valence electrons. The van der Waals surface area contributed by atoms with E-state index in [9.17, 15) is 5.11 Å². The molecule has 1 fully saturated rings. The van der Waals surface area contributed by atoms with E-state index >= 15 is 0 Å². The Morgan fingerprint density at radius 3 is 2.84 bits per heavy atom. The Hall–Kier alpha value is -2.05. The lowest BCUT2D eigenvalue weighted by Gasteiger charge is -2.32. The van der Waals surface area contributed by atoms with Crippen molar-refractivity contribution in [3.63, 3.8) is 0 Å². The van der Waals surface area contributed by atoms with Crippen LogP contribution in [-0.2, 0) is 11.3 Å². The second-order valence-electron chi connectivity index (χ2n) is 6.09. The maximum Gasteiger partial charge on any atom is 0.191 e. The molecule has 1 aromatic rings. The summed E-state index contributed by atoms with van der Waals surface area (Å²) in [7, 11) is 0. The topological polar surface area (TPSA) is 75.1 Å². The summed E-state index contributed by atoms with van der Waals surface area (Å²) in [5, 5.41) is 17.0. The van der Waals surface area contributed by atoms with E-state index in [-0.39, 0.29) is 0 Å². The average molecular weight is 347 g/mol. The van der Waals surface area contributed by atoms with Gasteiger partial charge in [0.15, 0.2) is 5.96 Å². The molecule has 1 aliphatic rings. The Morgan fingerprint density at radius 2 is 2.12 bits per heavy atom.